The number of benzene rings is 1. The number of aromatic nitrogens is 2. The third kappa shape index (κ3) is 2.72. The van der Waals surface area contributed by atoms with Gasteiger partial charge in [-0.1, -0.05) is 12.1 Å². The van der Waals surface area contributed by atoms with E-state index in [1.54, 1.807) is 11.8 Å². The van der Waals surface area contributed by atoms with Crippen LogP contribution in [0.1, 0.15) is 18.9 Å². The molecule has 1 saturated heterocycles. The second-order valence-electron chi connectivity index (χ2n) is 5.36. The number of imidazole rings is 1. The second-order valence-corrected chi connectivity index (χ2v) is 6.23. The minimum atomic E-state index is -0.0508. The zero-order valence-electron chi connectivity index (χ0n) is 12.0. The maximum absolute atomic E-state index is 12.2. The maximum Gasteiger partial charge on any atom is 0.326 e. The number of H-pyrrole nitrogens is 1. The van der Waals surface area contributed by atoms with Crippen molar-refractivity contribution in [1.29, 1.82) is 0 Å². The SMILES string of the molecule is CSCC(=O)N1CCC(n2c(=O)[nH]c3ccccc32)CC1. The number of hydrogen-bond donors (Lipinski definition) is 1. The average molecular weight is 305 g/mol. The van der Waals surface area contributed by atoms with Gasteiger partial charge in [-0.15, -0.1) is 0 Å². The number of fused-ring (bicyclic) bond motifs is 1. The molecule has 1 aromatic carbocycles. The van der Waals surface area contributed by atoms with Crippen molar-refractivity contribution in [1.82, 2.24) is 14.5 Å². The first-order chi connectivity index (χ1) is 10.2. The molecule has 21 heavy (non-hydrogen) atoms. The number of rotatable bonds is 3. The van der Waals surface area contributed by atoms with Gasteiger partial charge in [0, 0.05) is 19.1 Å². The average Bonchev–Trinajstić information content (AvgIpc) is 2.83. The minimum absolute atomic E-state index is 0.0508. The van der Waals surface area contributed by atoms with Crippen LogP contribution in [0.15, 0.2) is 29.1 Å². The van der Waals surface area contributed by atoms with Gasteiger partial charge in [0.05, 0.1) is 16.8 Å². The van der Waals surface area contributed by atoms with E-state index in [0.717, 1.165) is 37.0 Å². The van der Waals surface area contributed by atoms with Crippen LogP contribution >= 0.6 is 11.8 Å². The molecule has 1 N–H and O–H groups in total. The Morgan fingerprint density at radius 2 is 2.05 bits per heavy atom. The fraction of sp³-hybridized carbons (Fsp3) is 0.467. The lowest BCUT2D eigenvalue weighted by atomic mass is 10.0. The summed E-state index contributed by atoms with van der Waals surface area (Å²) in [5.41, 5.74) is 1.78. The molecule has 6 heteroatoms. The predicted molar refractivity (Wildman–Crippen MR) is 85.8 cm³/mol. The molecule has 3 rings (SSSR count). The van der Waals surface area contributed by atoms with Gasteiger partial charge < -0.3 is 9.88 Å². The second kappa shape index (κ2) is 5.97. The summed E-state index contributed by atoms with van der Waals surface area (Å²) in [6.45, 7) is 1.46. The van der Waals surface area contributed by atoms with Crippen molar-refractivity contribution < 1.29 is 4.79 Å². The van der Waals surface area contributed by atoms with E-state index in [0.29, 0.717) is 5.75 Å². The summed E-state index contributed by atoms with van der Waals surface area (Å²) in [4.78, 5) is 28.9. The largest absolute Gasteiger partial charge is 0.342 e. The van der Waals surface area contributed by atoms with Crippen LogP contribution in [-0.4, -0.2) is 45.5 Å². The number of amides is 1. The third-order valence-corrected chi connectivity index (χ3v) is 4.61. The number of para-hydroxylation sites is 2. The summed E-state index contributed by atoms with van der Waals surface area (Å²) in [6.07, 6.45) is 3.61. The molecule has 2 aromatic rings. The van der Waals surface area contributed by atoms with Crippen LogP contribution < -0.4 is 5.69 Å². The molecule has 0 bridgehead atoms. The number of hydrogen-bond acceptors (Lipinski definition) is 3. The van der Waals surface area contributed by atoms with Gasteiger partial charge in [-0.05, 0) is 31.2 Å². The standard InChI is InChI=1S/C15H19N3O2S/c1-21-10-14(19)17-8-6-11(7-9-17)18-13-5-3-2-4-12(13)16-15(18)20/h2-5,11H,6-10H2,1H3,(H,16,20). The van der Waals surface area contributed by atoms with Crippen LogP contribution in [-0.2, 0) is 4.79 Å². The highest BCUT2D eigenvalue weighted by molar-refractivity contribution is 7.99. The molecule has 0 unspecified atom stereocenters. The molecule has 2 heterocycles. The van der Waals surface area contributed by atoms with Gasteiger partial charge in [0.1, 0.15) is 0 Å². The zero-order valence-corrected chi connectivity index (χ0v) is 12.9. The van der Waals surface area contributed by atoms with E-state index in [9.17, 15) is 9.59 Å². The summed E-state index contributed by atoms with van der Waals surface area (Å²) in [5.74, 6) is 0.741. The molecule has 0 saturated carbocycles. The molecule has 5 nitrogen and oxygen atoms in total. The molecule has 1 amide bonds. The van der Waals surface area contributed by atoms with Crippen molar-refractivity contribution in [3.05, 3.63) is 34.7 Å². The molecule has 0 spiro atoms. The van der Waals surface area contributed by atoms with Crippen molar-refractivity contribution in [3.63, 3.8) is 0 Å². The lowest BCUT2D eigenvalue weighted by Crippen LogP contribution is -2.41. The summed E-state index contributed by atoms with van der Waals surface area (Å²) in [5, 5.41) is 0. The number of carbonyl (C=O) groups is 1. The highest BCUT2D eigenvalue weighted by Gasteiger charge is 2.25. The molecule has 1 aromatic heterocycles. The molecule has 112 valence electrons. The number of nitrogens with zero attached hydrogens (tertiary/aromatic N) is 2. The fourth-order valence-corrected chi connectivity index (χ4v) is 3.45. The van der Waals surface area contributed by atoms with Gasteiger partial charge in [0.15, 0.2) is 0 Å². The molecule has 1 fully saturated rings. The van der Waals surface area contributed by atoms with Crippen LogP contribution in [0.25, 0.3) is 11.0 Å². The molecule has 1 aliphatic rings. The van der Waals surface area contributed by atoms with Gasteiger partial charge in [-0.2, -0.15) is 11.8 Å². The monoisotopic (exact) mass is 305 g/mol. The zero-order chi connectivity index (χ0) is 14.8. The van der Waals surface area contributed by atoms with E-state index in [1.165, 1.54) is 0 Å². The van der Waals surface area contributed by atoms with E-state index in [2.05, 4.69) is 4.98 Å². The van der Waals surface area contributed by atoms with Gasteiger partial charge in [-0.3, -0.25) is 9.36 Å². The topological polar surface area (TPSA) is 58.1 Å². The van der Waals surface area contributed by atoms with E-state index >= 15 is 0 Å². The predicted octanol–water partition coefficient (Wildman–Crippen LogP) is 1.86. The van der Waals surface area contributed by atoms with Crippen molar-refractivity contribution >= 4 is 28.7 Å². The van der Waals surface area contributed by atoms with E-state index in [1.807, 2.05) is 40.0 Å². The smallest absolute Gasteiger partial charge is 0.326 e. The third-order valence-electron chi connectivity index (χ3n) is 4.07. The van der Waals surface area contributed by atoms with E-state index < -0.39 is 0 Å². The first-order valence-electron chi connectivity index (χ1n) is 7.16. The molecular formula is C15H19N3O2S. The first-order valence-corrected chi connectivity index (χ1v) is 8.56. The summed E-state index contributed by atoms with van der Waals surface area (Å²) >= 11 is 1.55. The van der Waals surface area contributed by atoms with Crippen LogP contribution in [0, 0.1) is 0 Å². The number of likely N-dealkylation sites (tertiary alicyclic amines) is 1. The van der Waals surface area contributed by atoms with Crippen molar-refractivity contribution in [2.75, 3.05) is 25.1 Å². The number of carbonyl (C=O) groups excluding carboxylic acids is 1. The Morgan fingerprint density at radius 3 is 2.76 bits per heavy atom. The highest BCUT2D eigenvalue weighted by atomic mass is 32.2. The van der Waals surface area contributed by atoms with Crippen LogP contribution in [0.5, 0.6) is 0 Å². The molecule has 0 atom stereocenters. The summed E-state index contributed by atoms with van der Waals surface area (Å²) in [6, 6.07) is 7.94. The Kier molecular flexibility index (Phi) is 4.05. The number of piperidine rings is 1. The lowest BCUT2D eigenvalue weighted by molar-refractivity contribution is -0.129. The van der Waals surface area contributed by atoms with Gasteiger partial charge in [0.25, 0.3) is 0 Å². The fourth-order valence-electron chi connectivity index (χ4n) is 3.02. The Hall–Kier alpha value is -1.69. The maximum atomic E-state index is 12.2. The number of aromatic amines is 1. The molecule has 0 aliphatic carbocycles. The summed E-state index contributed by atoms with van der Waals surface area (Å²) < 4.78 is 1.85. The van der Waals surface area contributed by atoms with E-state index in [-0.39, 0.29) is 17.6 Å². The van der Waals surface area contributed by atoms with Crippen molar-refractivity contribution in [2.45, 2.75) is 18.9 Å². The Morgan fingerprint density at radius 1 is 1.33 bits per heavy atom. The Bertz CT molecular complexity index is 698. The van der Waals surface area contributed by atoms with Crippen LogP contribution in [0.4, 0.5) is 0 Å². The normalized spacial score (nSPS) is 16.5. The van der Waals surface area contributed by atoms with Gasteiger partial charge in [0.2, 0.25) is 5.91 Å². The highest BCUT2D eigenvalue weighted by Crippen LogP contribution is 2.25. The van der Waals surface area contributed by atoms with Crippen LogP contribution in [0.3, 0.4) is 0 Å². The van der Waals surface area contributed by atoms with E-state index in [4.69, 9.17) is 0 Å². The quantitative estimate of drug-likeness (QED) is 0.941. The van der Waals surface area contributed by atoms with Crippen LogP contribution in [0.2, 0.25) is 0 Å². The number of nitrogens with one attached hydrogen (secondary N) is 1. The molecule has 1 aliphatic heterocycles. The lowest BCUT2D eigenvalue weighted by Gasteiger charge is -2.32. The molecular weight excluding hydrogens is 286 g/mol. The van der Waals surface area contributed by atoms with Crippen molar-refractivity contribution in [3.8, 4) is 0 Å². The minimum Gasteiger partial charge on any atom is -0.342 e. The molecule has 0 radical (unpaired) electrons. The Balaban J connectivity index is 1.79. The summed E-state index contributed by atoms with van der Waals surface area (Å²) in [7, 11) is 0. The van der Waals surface area contributed by atoms with Gasteiger partial charge >= 0.3 is 5.69 Å². The number of thioether (sulfide) groups is 1. The van der Waals surface area contributed by atoms with Crippen molar-refractivity contribution in [2.24, 2.45) is 0 Å². The van der Waals surface area contributed by atoms with Gasteiger partial charge in [-0.25, -0.2) is 4.79 Å². The Labute approximate surface area is 127 Å². The first kappa shape index (κ1) is 14.3.